The highest BCUT2D eigenvalue weighted by Crippen LogP contribution is 2.21. The Morgan fingerprint density at radius 3 is 2.32 bits per heavy atom. The van der Waals surface area contributed by atoms with Crippen LogP contribution < -0.4 is 10.1 Å². The van der Waals surface area contributed by atoms with E-state index < -0.39 is 15.9 Å². The number of nitrogens with zero attached hydrogens (tertiary/aromatic N) is 3. The molecule has 2 amide bonds. The molecule has 0 aliphatic heterocycles. The first kappa shape index (κ1) is 22.9. The van der Waals surface area contributed by atoms with Crippen molar-refractivity contribution in [3.8, 4) is 0 Å². The number of fused-ring (bicyclic) bond motifs is 1. The first-order valence-corrected chi connectivity index (χ1v) is 12.0. The minimum absolute atomic E-state index is 0.144. The van der Waals surface area contributed by atoms with Crippen LogP contribution in [0.3, 0.4) is 0 Å². The smallest absolute Gasteiger partial charge is 0.279 e. The van der Waals surface area contributed by atoms with Crippen LogP contribution in [0.2, 0.25) is 0 Å². The summed E-state index contributed by atoms with van der Waals surface area (Å²) in [5.74, 6) is -0.622. The average molecular weight is 461 g/mol. The number of sulfonamides is 1. The van der Waals surface area contributed by atoms with Crippen molar-refractivity contribution in [2.24, 2.45) is 12.0 Å². The zero-order chi connectivity index (χ0) is 22.8. The van der Waals surface area contributed by atoms with E-state index >= 15 is 0 Å². The maximum Gasteiger partial charge on any atom is 0.279 e. The predicted molar refractivity (Wildman–Crippen MR) is 122 cm³/mol. The number of benzene rings is 2. The van der Waals surface area contributed by atoms with Crippen molar-refractivity contribution in [1.82, 2.24) is 8.87 Å². The molecule has 0 fully saturated rings. The zero-order valence-electron chi connectivity index (χ0n) is 17.7. The monoisotopic (exact) mass is 460 g/mol. The van der Waals surface area contributed by atoms with Gasteiger partial charge in [-0.3, -0.25) is 9.59 Å². The molecule has 0 aliphatic rings. The van der Waals surface area contributed by atoms with Gasteiger partial charge in [0, 0.05) is 38.3 Å². The van der Waals surface area contributed by atoms with Gasteiger partial charge in [0.1, 0.15) is 0 Å². The van der Waals surface area contributed by atoms with E-state index in [0.717, 1.165) is 10.2 Å². The summed E-state index contributed by atoms with van der Waals surface area (Å²) in [6.45, 7) is 5.75. The topological polar surface area (TPSA) is 101 Å². The summed E-state index contributed by atoms with van der Waals surface area (Å²) in [6.07, 6.45) is 0. The molecule has 0 aliphatic carbocycles. The summed E-state index contributed by atoms with van der Waals surface area (Å²) in [5.41, 5.74) is 1.85. The molecule has 0 atom stereocenters. The molecule has 3 rings (SSSR count). The number of thiazole rings is 1. The van der Waals surface area contributed by atoms with Crippen LogP contribution in [0.5, 0.6) is 0 Å². The fourth-order valence-corrected chi connectivity index (χ4v) is 5.67. The van der Waals surface area contributed by atoms with Gasteiger partial charge in [-0.25, -0.2) is 8.42 Å². The third-order valence-electron chi connectivity index (χ3n) is 4.77. The molecule has 164 valence electrons. The Kier molecular flexibility index (Phi) is 6.73. The molecule has 0 saturated carbocycles. The van der Waals surface area contributed by atoms with Gasteiger partial charge >= 0.3 is 0 Å². The number of hydrogen-bond donors (Lipinski definition) is 1. The third kappa shape index (κ3) is 4.76. The van der Waals surface area contributed by atoms with Crippen LogP contribution in [-0.2, 0) is 21.9 Å². The molecule has 3 aromatic rings. The molecule has 0 saturated heterocycles. The molecule has 2 aromatic carbocycles. The molecule has 0 bridgehead atoms. The van der Waals surface area contributed by atoms with Crippen molar-refractivity contribution < 1.29 is 18.0 Å². The molecule has 0 radical (unpaired) electrons. The molecule has 1 heterocycles. The second kappa shape index (κ2) is 9.13. The van der Waals surface area contributed by atoms with E-state index in [0.29, 0.717) is 29.1 Å². The van der Waals surface area contributed by atoms with Gasteiger partial charge in [-0.05, 0) is 42.5 Å². The van der Waals surface area contributed by atoms with E-state index in [2.05, 4.69) is 10.3 Å². The van der Waals surface area contributed by atoms with Gasteiger partial charge < -0.3 is 9.88 Å². The summed E-state index contributed by atoms with van der Waals surface area (Å²) in [7, 11) is -1.77. The summed E-state index contributed by atoms with van der Waals surface area (Å²) in [4.78, 5) is 28.8. The highest BCUT2D eigenvalue weighted by atomic mass is 32.2. The Morgan fingerprint density at radius 1 is 1.10 bits per heavy atom. The van der Waals surface area contributed by atoms with Gasteiger partial charge in [0.05, 0.1) is 15.1 Å². The van der Waals surface area contributed by atoms with Gasteiger partial charge in [0.25, 0.3) is 5.91 Å². The zero-order valence-corrected chi connectivity index (χ0v) is 19.4. The second-order valence-corrected chi connectivity index (χ2v) is 9.79. The van der Waals surface area contributed by atoms with Crippen molar-refractivity contribution in [2.75, 3.05) is 18.4 Å². The second-order valence-electron chi connectivity index (χ2n) is 6.84. The number of aromatic nitrogens is 1. The average Bonchev–Trinajstić information content (AvgIpc) is 3.03. The number of hydrogen-bond acceptors (Lipinski definition) is 5. The van der Waals surface area contributed by atoms with Crippen molar-refractivity contribution in [2.45, 2.75) is 25.7 Å². The van der Waals surface area contributed by atoms with E-state index in [1.165, 1.54) is 46.8 Å². The van der Waals surface area contributed by atoms with Gasteiger partial charge in [0.2, 0.25) is 15.9 Å². The fourth-order valence-electron chi connectivity index (χ4n) is 3.16. The summed E-state index contributed by atoms with van der Waals surface area (Å²) in [6, 6.07) is 11.3. The number of anilines is 1. The van der Waals surface area contributed by atoms with Crippen LogP contribution >= 0.6 is 11.3 Å². The third-order valence-corrected chi connectivity index (χ3v) is 7.93. The van der Waals surface area contributed by atoms with E-state index in [1.54, 1.807) is 24.5 Å². The Balaban J connectivity index is 1.92. The molecule has 31 heavy (non-hydrogen) atoms. The number of rotatable bonds is 6. The van der Waals surface area contributed by atoms with Crippen molar-refractivity contribution in [3.05, 3.63) is 52.8 Å². The van der Waals surface area contributed by atoms with Gasteiger partial charge in [-0.2, -0.15) is 9.30 Å². The first-order valence-electron chi connectivity index (χ1n) is 9.73. The number of carbonyl (C=O) groups is 2. The van der Waals surface area contributed by atoms with E-state index in [-0.39, 0.29) is 10.8 Å². The maximum absolute atomic E-state index is 12.7. The van der Waals surface area contributed by atoms with Crippen LogP contribution in [0, 0.1) is 0 Å². The number of aryl methyl sites for hydroxylation is 1. The number of amides is 2. The summed E-state index contributed by atoms with van der Waals surface area (Å²) < 4.78 is 29.2. The van der Waals surface area contributed by atoms with E-state index in [1.807, 2.05) is 19.2 Å². The van der Waals surface area contributed by atoms with Gasteiger partial charge in [0.15, 0.2) is 4.80 Å². The van der Waals surface area contributed by atoms with Crippen molar-refractivity contribution >= 4 is 49.1 Å². The largest absolute Gasteiger partial charge is 0.326 e. The summed E-state index contributed by atoms with van der Waals surface area (Å²) >= 11 is 1.33. The molecule has 1 N–H and O–H groups in total. The van der Waals surface area contributed by atoms with Gasteiger partial charge in [-0.15, -0.1) is 0 Å². The number of nitrogens with one attached hydrogen (secondary N) is 1. The first-order chi connectivity index (χ1) is 14.7. The molecule has 10 heteroatoms. The van der Waals surface area contributed by atoms with Crippen LogP contribution in [0.1, 0.15) is 31.1 Å². The standard InChI is InChI=1S/C21H24N4O4S2/c1-5-25(6-2)31(28,29)17-10-7-15(8-11-17)20(27)23-21-24(4)18-12-9-16(22-14(3)26)13-19(18)30-21/h7-13H,5-6H2,1-4H3,(H,22,26). The van der Waals surface area contributed by atoms with Crippen molar-refractivity contribution in [3.63, 3.8) is 0 Å². The Bertz CT molecular complexity index is 1300. The number of carbonyl (C=O) groups excluding carboxylic acids is 2. The quantitative estimate of drug-likeness (QED) is 0.611. The highest BCUT2D eigenvalue weighted by Gasteiger charge is 2.21. The molecule has 8 nitrogen and oxygen atoms in total. The van der Waals surface area contributed by atoms with Crippen LogP contribution in [0.4, 0.5) is 5.69 Å². The Hall–Kier alpha value is -2.82. The Labute approximate surface area is 184 Å². The van der Waals surface area contributed by atoms with E-state index in [4.69, 9.17) is 0 Å². The normalized spacial score (nSPS) is 12.5. The maximum atomic E-state index is 12.7. The predicted octanol–water partition coefficient (Wildman–Crippen LogP) is 2.97. The van der Waals surface area contributed by atoms with Crippen LogP contribution in [0.25, 0.3) is 10.2 Å². The van der Waals surface area contributed by atoms with Crippen LogP contribution in [-0.4, -0.2) is 42.2 Å². The van der Waals surface area contributed by atoms with Gasteiger partial charge in [-0.1, -0.05) is 25.2 Å². The lowest BCUT2D eigenvalue weighted by Gasteiger charge is -2.18. The lowest BCUT2D eigenvalue weighted by molar-refractivity contribution is -0.114. The molecule has 1 aromatic heterocycles. The minimum Gasteiger partial charge on any atom is -0.326 e. The lowest BCUT2D eigenvalue weighted by Crippen LogP contribution is -2.30. The lowest BCUT2D eigenvalue weighted by atomic mass is 10.2. The molecule has 0 unspecified atom stereocenters. The van der Waals surface area contributed by atoms with Crippen molar-refractivity contribution in [1.29, 1.82) is 0 Å². The minimum atomic E-state index is -3.58. The van der Waals surface area contributed by atoms with E-state index in [9.17, 15) is 18.0 Å². The van der Waals surface area contributed by atoms with Crippen LogP contribution in [0.15, 0.2) is 52.4 Å². The SMILES string of the molecule is CCN(CC)S(=O)(=O)c1ccc(C(=O)N=c2sc3cc(NC(C)=O)ccc3n2C)cc1. The highest BCUT2D eigenvalue weighted by molar-refractivity contribution is 7.89. The molecular formula is C21H24N4O4S2. The molecule has 0 spiro atoms. The Morgan fingerprint density at radius 2 is 1.74 bits per heavy atom. The fraction of sp³-hybridized carbons (Fsp3) is 0.286. The summed E-state index contributed by atoms with van der Waals surface area (Å²) in [5, 5.41) is 2.73. The molecular weight excluding hydrogens is 436 g/mol.